The minimum Gasteiger partial charge on any atom is -0.403 e. The summed E-state index contributed by atoms with van der Waals surface area (Å²) in [5.74, 6) is 0. The van der Waals surface area contributed by atoms with E-state index in [1.165, 1.54) is 0 Å². The van der Waals surface area contributed by atoms with Crippen molar-refractivity contribution in [1.82, 2.24) is 0 Å². The maximum atomic E-state index is 9.38. The Morgan fingerprint density at radius 3 is 1.91 bits per heavy atom. The Balaban J connectivity index is 0.00000135. The van der Waals surface area contributed by atoms with Gasteiger partial charge in [0, 0.05) is 6.61 Å². The quantitative estimate of drug-likeness (QED) is 0.577. The van der Waals surface area contributed by atoms with Gasteiger partial charge in [-0.1, -0.05) is 26.7 Å². The number of rotatable bonds is 7. The molecule has 128 valence electrons. The largest absolute Gasteiger partial charge is 0.457 e. The fraction of sp³-hybridized carbons (Fsp3) is 0.938. The first-order valence-corrected chi connectivity index (χ1v) is 8.03. The maximum absolute atomic E-state index is 9.38. The van der Waals surface area contributed by atoms with Crippen molar-refractivity contribution in [3.8, 4) is 0 Å². The van der Waals surface area contributed by atoms with Crippen LogP contribution >= 0.6 is 0 Å². The molecule has 0 radical (unpaired) electrons. The van der Waals surface area contributed by atoms with Gasteiger partial charge < -0.3 is 14.4 Å². The summed E-state index contributed by atoms with van der Waals surface area (Å²) in [7, 11) is -0.0768. The van der Waals surface area contributed by atoms with Gasteiger partial charge in [-0.3, -0.25) is 0 Å². The predicted octanol–water partition coefficient (Wildman–Crippen LogP) is 3.07. The smallest absolute Gasteiger partial charge is 0.403 e. The molecule has 0 amide bonds. The molecule has 1 N–H and O–H groups in total. The number of carbonyl (C=O) groups excluding carboxylic acids is 2. The Bertz CT molecular complexity index is 342. The lowest BCUT2D eigenvalue weighted by Crippen LogP contribution is -2.41. The van der Waals surface area contributed by atoms with Crippen molar-refractivity contribution < 1.29 is 24.0 Å². The Kier molecular flexibility index (Phi) is 8.56. The lowest BCUT2D eigenvalue weighted by molar-refractivity contribution is -0.191. The number of aliphatic hydroxyl groups excluding tert-OH is 1. The second-order valence-corrected chi connectivity index (χ2v) is 7.34. The van der Waals surface area contributed by atoms with Crippen molar-refractivity contribution in [2.24, 2.45) is 5.41 Å². The highest BCUT2D eigenvalue weighted by Gasteiger charge is 2.50. The molecule has 0 saturated carbocycles. The highest BCUT2D eigenvalue weighted by molar-refractivity contribution is 6.45. The zero-order valence-electron chi connectivity index (χ0n) is 14.9. The molecule has 0 spiro atoms. The lowest BCUT2D eigenvalue weighted by Gasteiger charge is -2.32. The average Bonchev–Trinajstić information content (AvgIpc) is 2.63. The molecular formula is C16H31BO5. The molecule has 1 rings (SSSR count). The van der Waals surface area contributed by atoms with Gasteiger partial charge in [-0.15, -0.1) is 0 Å². The lowest BCUT2D eigenvalue weighted by atomic mass is 9.78. The average molecular weight is 314 g/mol. The van der Waals surface area contributed by atoms with Crippen molar-refractivity contribution in [3.63, 3.8) is 0 Å². The zero-order valence-corrected chi connectivity index (χ0v) is 14.9. The van der Waals surface area contributed by atoms with E-state index < -0.39 is 0 Å². The third kappa shape index (κ3) is 6.21. The van der Waals surface area contributed by atoms with Crippen LogP contribution in [0, 0.1) is 5.41 Å². The molecule has 0 aromatic carbocycles. The standard InChI is InChI=1S/C15H31BO3.CO2/c1-7-15(6,12-17)10-8-9-11-16-18-13(2,3)14(4,5)19-16;2-1-3/h17H,7-12H2,1-6H3;. The minimum absolute atomic E-state index is 0.0768. The van der Waals surface area contributed by atoms with Gasteiger partial charge in [0.05, 0.1) is 11.2 Å². The molecule has 1 saturated heterocycles. The SMILES string of the molecule is CCC(C)(CO)CCCCB1OC(C)(C)C(C)(C)O1.O=C=O. The van der Waals surface area contributed by atoms with E-state index in [2.05, 4.69) is 41.5 Å². The topological polar surface area (TPSA) is 72.8 Å². The maximum Gasteiger partial charge on any atom is 0.457 e. The van der Waals surface area contributed by atoms with Gasteiger partial charge in [-0.05, 0) is 52.3 Å². The second kappa shape index (κ2) is 8.83. The molecule has 1 atom stereocenters. The summed E-state index contributed by atoms with van der Waals surface area (Å²) in [6.45, 7) is 12.9. The monoisotopic (exact) mass is 314 g/mol. The highest BCUT2D eigenvalue weighted by atomic mass is 16.7. The van der Waals surface area contributed by atoms with Crippen molar-refractivity contribution in [1.29, 1.82) is 0 Å². The van der Waals surface area contributed by atoms with E-state index >= 15 is 0 Å². The minimum atomic E-state index is -0.222. The van der Waals surface area contributed by atoms with E-state index in [1.807, 2.05) is 0 Å². The first kappa shape index (κ1) is 21.3. The van der Waals surface area contributed by atoms with E-state index in [0.29, 0.717) is 0 Å². The molecule has 1 aliphatic heterocycles. The van der Waals surface area contributed by atoms with Gasteiger partial charge in [0.1, 0.15) is 0 Å². The Morgan fingerprint density at radius 2 is 1.55 bits per heavy atom. The van der Waals surface area contributed by atoms with Crippen LogP contribution in [0.2, 0.25) is 6.32 Å². The molecular weight excluding hydrogens is 283 g/mol. The molecule has 0 aliphatic carbocycles. The highest BCUT2D eigenvalue weighted by Crippen LogP contribution is 2.38. The van der Waals surface area contributed by atoms with Crippen LogP contribution in [-0.4, -0.2) is 36.2 Å². The van der Waals surface area contributed by atoms with Crippen LogP contribution in [0.25, 0.3) is 0 Å². The molecule has 6 heteroatoms. The van der Waals surface area contributed by atoms with Crippen molar-refractivity contribution >= 4 is 13.3 Å². The summed E-state index contributed by atoms with van der Waals surface area (Å²) >= 11 is 0. The first-order chi connectivity index (χ1) is 10.1. The van der Waals surface area contributed by atoms with Crippen molar-refractivity contribution in [3.05, 3.63) is 0 Å². The van der Waals surface area contributed by atoms with Crippen LogP contribution in [0.4, 0.5) is 0 Å². The van der Waals surface area contributed by atoms with Gasteiger partial charge >= 0.3 is 13.3 Å². The van der Waals surface area contributed by atoms with Crippen LogP contribution in [-0.2, 0) is 18.9 Å². The van der Waals surface area contributed by atoms with E-state index in [9.17, 15) is 5.11 Å². The number of aliphatic hydroxyl groups is 1. The van der Waals surface area contributed by atoms with Gasteiger partial charge in [0.25, 0.3) is 0 Å². The zero-order chi connectivity index (χ0) is 17.4. The van der Waals surface area contributed by atoms with Crippen molar-refractivity contribution in [2.45, 2.75) is 84.7 Å². The molecule has 5 nitrogen and oxygen atoms in total. The number of hydrogen-bond donors (Lipinski definition) is 1. The van der Waals surface area contributed by atoms with Crippen molar-refractivity contribution in [2.75, 3.05) is 6.61 Å². The molecule has 0 aromatic rings. The van der Waals surface area contributed by atoms with E-state index in [1.54, 1.807) is 0 Å². The van der Waals surface area contributed by atoms with Gasteiger partial charge in [0.2, 0.25) is 0 Å². The normalized spacial score (nSPS) is 21.5. The van der Waals surface area contributed by atoms with Crippen LogP contribution < -0.4 is 0 Å². The van der Waals surface area contributed by atoms with Crippen LogP contribution in [0.3, 0.4) is 0 Å². The Morgan fingerprint density at radius 1 is 1.09 bits per heavy atom. The third-order valence-electron chi connectivity index (χ3n) is 5.01. The Hall–Kier alpha value is -0.675. The fourth-order valence-corrected chi connectivity index (χ4v) is 2.31. The number of hydrogen-bond acceptors (Lipinski definition) is 5. The summed E-state index contributed by atoms with van der Waals surface area (Å²) < 4.78 is 12.0. The molecule has 1 fully saturated rings. The molecule has 22 heavy (non-hydrogen) atoms. The molecule has 0 bridgehead atoms. The van der Waals surface area contributed by atoms with E-state index in [0.717, 1.165) is 32.0 Å². The summed E-state index contributed by atoms with van der Waals surface area (Å²) in [5, 5.41) is 9.38. The second-order valence-electron chi connectivity index (χ2n) is 7.34. The summed E-state index contributed by atoms with van der Waals surface area (Å²) in [4.78, 5) is 16.2. The van der Waals surface area contributed by atoms with Crippen LogP contribution in [0.15, 0.2) is 0 Å². The summed E-state index contributed by atoms with van der Waals surface area (Å²) in [6, 6.07) is 0. The van der Waals surface area contributed by atoms with Gasteiger partial charge in [0.15, 0.2) is 0 Å². The van der Waals surface area contributed by atoms with Gasteiger partial charge in [-0.25, -0.2) is 0 Å². The van der Waals surface area contributed by atoms with Gasteiger partial charge in [-0.2, -0.15) is 9.59 Å². The summed E-state index contributed by atoms with van der Waals surface area (Å²) in [5.41, 5.74) is -0.364. The molecule has 1 aliphatic rings. The molecule has 0 aromatic heterocycles. The van der Waals surface area contributed by atoms with E-state index in [4.69, 9.17) is 18.9 Å². The van der Waals surface area contributed by atoms with E-state index in [-0.39, 0.29) is 36.5 Å². The Labute approximate surface area is 134 Å². The predicted molar refractivity (Wildman–Crippen MR) is 85.2 cm³/mol. The summed E-state index contributed by atoms with van der Waals surface area (Å²) in [6.07, 6.45) is 5.50. The first-order valence-electron chi connectivity index (χ1n) is 8.03. The third-order valence-corrected chi connectivity index (χ3v) is 5.01. The molecule has 1 unspecified atom stereocenters. The van der Waals surface area contributed by atoms with Crippen LogP contribution in [0.1, 0.15) is 67.2 Å². The number of unbranched alkanes of at least 4 members (excludes halogenated alkanes) is 1. The fourth-order valence-electron chi connectivity index (χ4n) is 2.31. The molecule has 1 heterocycles. The van der Waals surface area contributed by atoms with Crippen LogP contribution in [0.5, 0.6) is 0 Å².